The Kier molecular flexibility index (Phi) is 4.03. The number of hydrogen-bond acceptors (Lipinski definition) is 1. The Balaban J connectivity index is 2.10. The van der Waals surface area contributed by atoms with E-state index in [-0.39, 0.29) is 5.92 Å². The van der Waals surface area contributed by atoms with Crippen LogP contribution in [0.1, 0.15) is 43.5 Å². The second kappa shape index (κ2) is 5.34. The minimum atomic E-state index is 0.232. The van der Waals surface area contributed by atoms with E-state index in [2.05, 4.69) is 29.8 Å². The van der Waals surface area contributed by atoms with Crippen LogP contribution in [0.3, 0.4) is 0 Å². The van der Waals surface area contributed by atoms with Crippen LogP contribution in [0.5, 0.6) is 0 Å². The number of halogens is 1. The molecule has 3 unspecified atom stereocenters. The summed E-state index contributed by atoms with van der Waals surface area (Å²) < 4.78 is 0.987. The fourth-order valence-electron chi connectivity index (χ4n) is 2.66. The summed E-state index contributed by atoms with van der Waals surface area (Å²) >= 11 is 3.42. The number of rotatable bonds is 2. The smallest absolute Gasteiger partial charge is 0.165 e. The summed E-state index contributed by atoms with van der Waals surface area (Å²) in [6.45, 7) is 4.56. The van der Waals surface area contributed by atoms with Gasteiger partial charge < -0.3 is 0 Å². The molecule has 1 aromatic rings. The molecule has 1 fully saturated rings. The van der Waals surface area contributed by atoms with Gasteiger partial charge in [-0.1, -0.05) is 41.9 Å². The van der Waals surface area contributed by atoms with Crippen LogP contribution < -0.4 is 0 Å². The molecule has 0 heterocycles. The first-order valence-corrected chi connectivity index (χ1v) is 7.17. The van der Waals surface area contributed by atoms with Gasteiger partial charge in [-0.3, -0.25) is 4.79 Å². The van der Waals surface area contributed by atoms with Gasteiger partial charge >= 0.3 is 0 Å². The van der Waals surface area contributed by atoms with Crippen molar-refractivity contribution in [2.24, 2.45) is 17.8 Å². The predicted octanol–water partition coefficient (Wildman–Crippen LogP) is 4.70. The number of carbonyl (C=O) groups excluding carboxylic acids is 1. The molecule has 1 aliphatic carbocycles. The molecule has 1 aliphatic rings. The zero-order chi connectivity index (χ0) is 12.4. The fourth-order valence-corrected chi connectivity index (χ4v) is 3.06. The van der Waals surface area contributed by atoms with E-state index in [9.17, 15) is 4.79 Å². The lowest BCUT2D eigenvalue weighted by atomic mass is 9.73. The number of hydrogen-bond donors (Lipinski definition) is 0. The van der Waals surface area contributed by atoms with Gasteiger partial charge in [-0.15, -0.1) is 0 Å². The van der Waals surface area contributed by atoms with Crippen molar-refractivity contribution in [2.75, 3.05) is 0 Å². The SMILES string of the molecule is CC1CCC(C(=O)c2cccc(Br)c2)CC1C. The van der Waals surface area contributed by atoms with E-state index in [4.69, 9.17) is 0 Å². The Morgan fingerprint density at radius 1 is 1.24 bits per heavy atom. The molecule has 3 atom stereocenters. The normalized spacial score (nSPS) is 29.0. The van der Waals surface area contributed by atoms with Crippen LogP contribution in [-0.2, 0) is 0 Å². The van der Waals surface area contributed by atoms with Gasteiger partial charge in [-0.05, 0) is 43.2 Å². The third-order valence-electron chi connectivity index (χ3n) is 4.08. The second-order valence-corrected chi connectivity index (χ2v) is 6.25. The largest absolute Gasteiger partial charge is 0.294 e. The minimum absolute atomic E-state index is 0.232. The highest BCUT2D eigenvalue weighted by atomic mass is 79.9. The van der Waals surface area contributed by atoms with E-state index in [0.717, 1.165) is 28.8 Å². The van der Waals surface area contributed by atoms with Crippen LogP contribution in [0.25, 0.3) is 0 Å². The lowest BCUT2D eigenvalue weighted by Crippen LogP contribution is -2.26. The molecule has 0 spiro atoms. The van der Waals surface area contributed by atoms with Gasteiger partial charge in [0.15, 0.2) is 5.78 Å². The monoisotopic (exact) mass is 294 g/mol. The van der Waals surface area contributed by atoms with E-state index in [1.807, 2.05) is 24.3 Å². The Hall–Kier alpha value is -0.630. The first-order chi connectivity index (χ1) is 8.08. The van der Waals surface area contributed by atoms with Crippen molar-refractivity contribution in [3.8, 4) is 0 Å². The summed E-state index contributed by atoms with van der Waals surface area (Å²) in [5, 5.41) is 0. The Morgan fingerprint density at radius 2 is 2.00 bits per heavy atom. The molecule has 0 amide bonds. The van der Waals surface area contributed by atoms with Crippen molar-refractivity contribution in [1.82, 2.24) is 0 Å². The molecule has 0 saturated heterocycles. The van der Waals surface area contributed by atoms with Crippen molar-refractivity contribution in [3.05, 3.63) is 34.3 Å². The maximum Gasteiger partial charge on any atom is 0.165 e. The summed E-state index contributed by atoms with van der Waals surface area (Å²) in [6, 6.07) is 7.76. The van der Waals surface area contributed by atoms with E-state index in [1.54, 1.807) is 0 Å². The highest BCUT2D eigenvalue weighted by molar-refractivity contribution is 9.10. The predicted molar refractivity (Wildman–Crippen MR) is 74.1 cm³/mol. The summed E-state index contributed by atoms with van der Waals surface area (Å²) in [4.78, 5) is 12.4. The summed E-state index contributed by atoms with van der Waals surface area (Å²) in [6.07, 6.45) is 3.29. The molecule has 92 valence electrons. The molecule has 0 aromatic heterocycles. The summed E-state index contributed by atoms with van der Waals surface area (Å²) in [7, 11) is 0. The standard InChI is InChI=1S/C15H19BrO/c1-10-6-7-13(8-11(10)2)15(17)12-4-3-5-14(16)9-12/h3-5,9-11,13H,6-8H2,1-2H3. The van der Waals surface area contributed by atoms with Gasteiger partial charge in [-0.25, -0.2) is 0 Å². The lowest BCUT2D eigenvalue weighted by molar-refractivity contribution is 0.0837. The van der Waals surface area contributed by atoms with Crippen molar-refractivity contribution < 1.29 is 4.79 Å². The molecule has 1 saturated carbocycles. The van der Waals surface area contributed by atoms with E-state index < -0.39 is 0 Å². The van der Waals surface area contributed by atoms with Gasteiger partial charge in [0.2, 0.25) is 0 Å². The highest BCUT2D eigenvalue weighted by Crippen LogP contribution is 2.35. The first-order valence-electron chi connectivity index (χ1n) is 6.37. The van der Waals surface area contributed by atoms with Crippen molar-refractivity contribution in [3.63, 3.8) is 0 Å². The zero-order valence-corrected chi connectivity index (χ0v) is 12.0. The molecule has 0 N–H and O–H groups in total. The van der Waals surface area contributed by atoms with Crippen LogP contribution in [0.4, 0.5) is 0 Å². The van der Waals surface area contributed by atoms with E-state index in [1.165, 1.54) is 6.42 Å². The Labute approximate surface area is 112 Å². The molecular weight excluding hydrogens is 276 g/mol. The quantitative estimate of drug-likeness (QED) is 0.722. The molecular formula is C15H19BrO. The maximum absolute atomic E-state index is 12.4. The number of Topliss-reactive ketones (excluding diaryl/α,β-unsaturated/α-hetero) is 1. The summed E-state index contributed by atoms with van der Waals surface area (Å²) in [5.74, 6) is 1.99. The molecule has 0 aliphatic heterocycles. The fraction of sp³-hybridized carbons (Fsp3) is 0.533. The molecule has 1 nitrogen and oxygen atoms in total. The number of carbonyl (C=O) groups is 1. The van der Waals surface area contributed by atoms with Gasteiger partial charge in [0.05, 0.1) is 0 Å². The van der Waals surface area contributed by atoms with Gasteiger partial charge in [0.1, 0.15) is 0 Å². The van der Waals surface area contributed by atoms with Crippen LogP contribution in [0.2, 0.25) is 0 Å². The van der Waals surface area contributed by atoms with Crippen LogP contribution in [-0.4, -0.2) is 5.78 Å². The van der Waals surface area contributed by atoms with Crippen molar-refractivity contribution in [2.45, 2.75) is 33.1 Å². The molecule has 0 bridgehead atoms. The van der Waals surface area contributed by atoms with Crippen molar-refractivity contribution >= 4 is 21.7 Å². The zero-order valence-electron chi connectivity index (χ0n) is 10.4. The Morgan fingerprint density at radius 3 is 2.65 bits per heavy atom. The molecule has 0 radical (unpaired) electrons. The molecule has 2 rings (SSSR count). The Bertz CT molecular complexity index is 413. The molecule has 1 aromatic carbocycles. The molecule has 17 heavy (non-hydrogen) atoms. The minimum Gasteiger partial charge on any atom is -0.294 e. The average Bonchev–Trinajstić information content (AvgIpc) is 2.32. The van der Waals surface area contributed by atoms with Crippen LogP contribution >= 0.6 is 15.9 Å². The average molecular weight is 295 g/mol. The van der Waals surface area contributed by atoms with Crippen LogP contribution in [0.15, 0.2) is 28.7 Å². The first kappa shape index (κ1) is 12.8. The van der Waals surface area contributed by atoms with Crippen LogP contribution in [0, 0.1) is 17.8 Å². The lowest BCUT2D eigenvalue weighted by Gasteiger charge is -2.31. The van der Waals surface area contributed by atoms with Gasteiger partial charge in [0, 0.05) is 16.0 Å². The second-order valence-electron chi connectivity index (χ2n) is 5.34. The van der Waals surface area contributed by atoms with Gasteiger partial charge in [-0.2, -0.15) is 0 Å². The summed E-state index contributed by atoms with van der Waals surface area (Å²) in [5.41, 5.74) is 0.853. The third-order valence-corrected chi connectivity index (χ3v) is 4.57. The molecule has 2 heteroatoms. The topological polar surface area (TPSA) is 17.1 Å². The van der Waals surface area contributed by atoms with E-state index >= 15 is 0 Å². The third kappa shape index (κ3) is 2.98. The highest BCUT2D eigenvalue weighted by Gasteiger charge is 2.29. The maximum atomic E-state index is 12.4. The van der Waals surface area contributed by atoms with Gasteiger partial charge in [0.25, 0.3) is 0 Å². The number of ketones is 1. The van der Waals surface area contributed by atoms with E-state index in [0.29, 0.717) is 11.7 Å². The number of benzene rings is 1. The van der Waals surface area contributed by atoms with Crippen molar-refractivity contribution in [1.29, 1.82) is 0 Å².